The molecular weight excluding hydrogens is 654 g/mol. The maximum Gasteiger partial charge on any atom is 0.323 e. The standard InChI is InChI=1S/C38H34ClN7O4/c39-37-29(25-9-7-23(8-10-25)17-42-19-28-11-12-36(48)45-28)3-1-5-31(37)30-4-2-6-35-32(30)20-44-46(35)21-33-26(15-40)13-24(14-27(33)16-41)18-43-34(22-47)38(49)50/h1-10,13-14,20,28,34,42-43,47H,11-12,17-19,21-22H2,(H,45,48)(H,49,50)/t28-,34-/m0/s1. The van der Waals surface area contributed by atoms with E-state index in [1.165, 1.54) is 0 Å². The molecule has 11 nitrogen and oxygen atoms in total. The van der Waals surface area contributed by atoms with E-state index in [2.05, 4.69) is 57.5 Å². The minimum absolute atomic E-state index is 0.0543. The molecule has 1 fully saturated rings. The number of aliphatic carboxylic acids is 1. The minimum atomic E-state index is -1.20. The Labute approximate surface area is 293 Å². The molecule has 2 heterocycles. The number of aliphatic hydroxyl groups excluding tert-OH is 1. The van der Waals surface area contributed by atoms with Gasteiger partial charge in [-0.05, 0) is 46.9 Å². The predicted molar refractivity (Wildman–Crippen MR) is 189 cm³/mol. The molecule has 1 amide bonds. The molecule has 0 aliphatic carbocycles. The molecule has 5 aromatic rings. The summed E-state index contributed by atoms with van der Waals surface area (Å²) in [5.41, 5.74) is 7.11. The van der Waals surface area contributed by atoms with Crippen LogP contribution in [0.4, 0.5) is 0 Å². The number of benzene rings is 4. The number of halogens is 1. The molecule has 252 valence electrons. The third kappa shape index (κ3) is 7.37. The smallest absolute Gasteiger partial charge is 0.323 e. The number of carbonyl (C=O) groups is 2. The van der Waals surface area contributed by atoms with Crippen LogP contribution in [0.5, 0.6) is 0 Å². The van der Waals surface area contributed by atoms with Gasteiger partial charge in [-0.25, -0.2) is 0 Å². The van der Waals surface area contributed by atoms with Gasteiger partial charge in [-0.1, -0.05) is 66.2 Å². The normalized spacial score (nSPS) is 14.6. The van der Waals surface area contributed by atoms with Gasteiger partial charge in [-0.15, -0.1) is 0 Å². The fraction of sp³-hybridized carbons (Fsp3) is 0.237. The van der Waals surface area contributed by atoms with Gasteiger partial charge in [0.15, 0.2) is 0 Å². The van der Waals surface area contributed by atoms with Crippen molar-refractivity contribution in [3.63, 3.8) is 0 Å². The lowest BCUT2D eigenvalue weighted by Crippen LogP contribution is -2.39. The molecule has 0 spiro atoms. The van der Waals surface area contributed by atoms with Crippen molar-refractivity contribution in [2.45, 2.75) is 44.6 Å². The van der Waals surface area contributed by atoms with Crippen LogP contribution in [-0.2, 0) is 29.2 Å². The van der Waals surface area contributed by atoms with Crippen LogP contribution in [0.1, 0.15) is 40.7 Å². The van der Waals surface area contributed by atoms with Crippen molar-refractivity contribution in [1.29, 1.82) is 10.5 Å². The van der Waals surface area contributed by atoms with Crippen LogP contribution in [0.2, 0.25) is 5.02 Å². The summed E-state index contributed by atoms with van der Waals surface area (Å²) in [7, 11) is 0. The zero-order chi connectivity index (χ0) is 35.2. The van der Waals surface area contributed by atoms with Gasteiger partial charge in [-0.3, -0.25) is 19.6 Å². The van der Waals surface area contributed by atoms with Gasteiger partial charge in [0.1, 0.15) is 6.04 Å². The highest BCUT2D eigenvalue weighted by Gasteiger charge is 2.21. The summed E-state index contributed by atoms with van der Waals surface area (Å²) < 4.78 is 1.74. The van der Waals surface area contributed by atoms with Gasteiger partial charge in [0.25, 0.3) is 0 Å². The van der Waals surface area contributed by atoms with Crippen molar-refractivity contribution >= 4 is 34.4 Å². The lowest BCUT2D eigenvalue weighted by Gasteiger charge is -2.14. The van der Waals surface area contributed by atoms with Crippen LogP contribution >= 0.6 is 11.6 Å². The van der Waals surface area contributed by atoms with Gasteiger partial charge in [0.2, 0.25) is 5.91 Å². The van der Waals surface area contributed by atoms with E-state index in [0.29, 0.717) is 29.1 Å². The number of carboxylic acids is 1. The maximum absolute atomic E-state index is 11.4. The lowest BCUT2D eigenvalue weighted by atomic mass is 9.96. The van der Waals surface area contributed by atoms with E-state index in [1.54, 1.807) is 23.0 Å². The van der Waals surface area contributed by atoms with E-state index >= 15 is 0 Å². The molecule has 50 heavy (non-hydrogen) atoms. The van der Waals surface area contributed by atoms with Crippen molar-refractivity contribution < 1.29 is 19.8 Å². The number of nitriles is 2. The average molecular weight is 688 g/mol. The monoisotopic (exact) mass is 687 g/mol. The number of nitrogens with one attached hydrogen (secondary N) is 3. The number of rotatable bonds is 13. The van der Waals surface area contributed by atoms with E-state index in [4.69, 9.17) is 11.6 Å². The number of hydrogen-bond acceptors (Lipinski definition) is 8. The first-order valence-corrected chi connectivity index (χ1v) is 16.5. The van der Waals surface area contributed by atoms with Gasteiger partial charge in [0, 0.05) is 54.2 Å². The Morgan fingerprint density at radius 2 is 1.70 bits per heavy atom. The first-order chi connectivity index (χ1) is 24.3. The van der Waals surface area contributed by atoms with Crippen molar-refractivity contribution in [2.75, 3.05) is 13.2 Å². The Hall–Kier alpha value is -5.56. The molecule has 5 N–H and O–H groups in total. The van der Waals surface area contributed by atoms with Crippen LogP contribution in [0, 0.1) is 22.7 Å². The summed E-state index contributed by atoms with van der Waals surface area (Å²) in [6.45, 7) is 1.04. The molecule has 12 heteroatoms. The van der Waals surface area contributed by atoms with E-state index < -0.39 is 18.6 Å². The van der Waals surface area contributed by atoms with E-state index in [0.717, 1.165) is 51.7 Å². The fourth-order valence-electron chi connectivity index (χ4n) is 6.27. The molecule has 1 saturated heterocycles. The minimum Gasteiger partial charge on any atom is -0.480 e. The van der Waals surface area contributed by atoms with Gasteiger partial charge < -0.3 is 20.8 Å². The Kier molecular flexibility index (Phi) is 10.5. The van der Waals surface area contributed by atoms with Crippen LogP contribution in [-0.4, -0.2) is 57.1 Å². The Morgan fingerprint density at radius 3 is 2.36 bits per heavy atom. The number of hydrogen-bond donors (Lipinski definition) is 5. The summed E-state index contributed by atoms with van der Waals surface area (Å²) in [5, 5.41) is 53.7. The summed E-state index contributed by atoms with van der Waals surface area (Å²) in [5.74, 6) is -1.09. The molecular formula is C38H34ClN7O4. The SMILES string of the molecule is N#Cc1cc(CN[C@@H](CO)C(=O)O)cc(C#N)c1Cn1ncc2c(-c3cccc(-c4ccc(CNC[C@@H]5CCC(=O)N5)cc4)c3Cl)cccc21. The fourth-order valence-corrected chi connectivity index (χ4v) is 6.61. The van der Waals surface area contributed by atoms with Crippen LogP contribution < -0.4 is 16.0 Å². The van der Waals surface area contributed by atoms with Crippen LogP contribution in [0.25, 0.3) is 33.2 Å². The highest BCUT2D eigenvalue weighted by molar-refractivity contribution is 6.36. The van der Waals surface area contributed by atoms with E-state index in [9.17, 15) is 30.3 Å². The number of nitrogens with zero attached hydrogens (tertiary/aromatic N) is 4. The molecule has 1 aliphatic heterocycles. The van der Waals surface area contributed by atoms with Gasteiger partial charge in [-0.2, -0.15) is 15.6 Å². The summed E-state index contributed by atoms with van der Waals surface area (Å²) in [6.07, 6.45) is 3.20. The molecule has 0 bridgehead atoms. The van der Waals surface area contributed by atoms with Crippen LogP contribution in [0.15, 0.2) is 79.0 Å². The molecule has 0 saturated carbocycles. The second-order valence-corrected chi connectivity index (χ2v) is 12.6. The molecule has 6 rings (SSSR count). The summed E-state index contributed by atoms with van der Waals surface area (Å²) >= 11 is 7.09. The Bertz CT molecular complexity index is 2110. The topological polar surface area (TPSA) is 176 Å². The molecule has 1 aliphatic rings. The second kappa shape index (κ2) is 15.3. The zero-order valence-corrected chi connectivity index (χ0v) is 27.7. The Balaban J connectivity index is 1.23. The molecule has 2 atom stereocenters. The maximum atomic E-state index is 11.4. The summed E-state index contributed by atoms with van der Waals surface area (Å²) in [6, 6.07) is 26.6. The van der Waals surface area contributed by atoms with Crippen molar-refractivity contribution in [1.82, 2.24) is 25.7 Å². The van der Waals surface area contributed by atoms with Crippen molar-refractivity contribution in [3.05, 3.63) is 112 Å². The van der Waals surface area contributed by atoms with Crippen molar-refractivity contribution in [3.8, 4) is 34.4 Å². The number of aliphatic hydroxyl groups is 1. The predicted octanol–water partition coefficient (Wildman–Crippen LogP) is 4.72. The largest absolute Gasteiger partial charge is 0.480 e. The molecule has 4 aromatic carbocycles. The average Bonchev–Trinajstić information content (AvgIpc) is 3.74. The molecule has 1 aromatic heterocycles. The van der Waals surface area contributed by atoms with E-state index in [-0.39, 0.29) is 36.2 Å². The zero-order valence-electron chi connectivity index (χ0n) is 27.0. The highest BCUT2D eigenvalue weighted by atomic mass is 35.5. The number of carboxylic acid groups (broad SMARTS) is 1. The van der Waals surface area contributed by atoms with Gasteiger partial charge >= 0.3 is 5.97 Å². The number of fused-ring (bicyclic) bond motifs is 1. The highest BCUT2D eigenvalue weighted by Crippen LogP contribution is 2.39. The first-order valence-electron chi connectivity index (χ1n) is 16.2. The third-order valence-electron chi connectivity index (χ3n) is 8.94. The Morgan fingerprint density at radius 1 is 1.00 bits per heavy atom. The lowest BCUT2D eigenvalue weighted by molar-refractivity contribution is -0.140. The number of carbonyl (C=O) groups excluding carboxylic acids is 1. The first kappa shape index (κ1) is 34.3. The number of amides is 1. The molecule has 0 unspecified atom stereocenters. The van der Waals surface area contributed by atoms with Gasteiger partial charge in [0.05, 0.1) is 53.2 Å². The summed E-state index contributed by atoms with van der Waals surface area (Å²) in [4.78, 5) is 22.7. The quantitative estimate of drug-likeness (QED) is 0.117. The third-order valence-corrected chi connectivity index (χ3v) is 9.35. The van der Waals surface area contributed by atoms with Crippen molar-refractivity contribution in [2.24, 2.45) is 0 Å². The molecule has 0 radical (unpaired) electrons. The second-order valence-electron chi connectivity index (χ2n) is 12.2. The number of aromatic nitrogens is 2. The van der Waals surface area contributed by atoms with Crippen LogP contribution in [0.3, 0.4) is 0 Å². The van der Waals surface area contributed by atoms with E-state index in [1.807, 2.05) is 36.4 Å².